The van der Waals surface area contributed by atoms with Crippen LogP contribution in [0.15, 0.2) is 22.5 Å². The summed E-state index contributed by atoms with van der Waals surface area (Å²) in [6.45, 7) is 7.25. The summed E-state index contributed by atoms with van der Waals surface area (Å²) in [6.07, 6.45) is 1.05. The first-order valence-electron chi connectivity index (χ1n) is 6.80. The molecule has 0 atom stereocenters. The Kier molecular flexibility index (Phi) is 7.52. The number of hydrogen-bond acceptors (Lipinski definition) is 3. The second-order valence-electron chi connectivity index (χ2n) is 4.83. The molecule has 0 saturated heterocycles. The van der Waals surface area contributed by atoms with Crippen LogP contribution in [0.3, 0.4) is 0 Å². The second kappa shape index (κ2) is 8.93. The van der Waals surface area contributed by atoms with E-state index in [4.69, 9.17) is 0 Å². The fourth-order valence-corrected chi connectivity index (χ4v) is 2.30. The summed E-state index contributed by atoms with van der Waals surface area (Å²) >= 11 is 1.80. The number of thiophene rings is 1. The van der Waals surface area contributed by atoms with Gasteiger partial charge in [-0.1, -0.05) is 6.07 Å². The molecule has 0 aromatic carbocycles. The summed E-state index contributed by atoms with van der Waals surface area (Å²) in [4.78, 5) is 7.94. The minimum Gasteiger partial charge on any atom is -0.356 e. The van der Waals surface area contributed by atoms with Crippen molar-refractivity contribution in [2.75, 3.05) is 33.7 Å². The minimum absolute atomic E-state index is 0.579. The first-order valence-corrected chi connectivity index (χ1v) is 7.68. The van der Waals surface area contributed by atoms with Gasteiger partial charge in [-0.15, -0.1) is 11.3 Å². The van der Waals surface area contributed by atoms with E-state index in [0.717, 1.165) is 32.0 Å². The Bertz CT molecular complexity index is 360. The first kappa shape index (κ1) is 16.0. The number of nitrogens with zero attached hydrogens (tertiary/aromatic N) is 2. The van der Waals surface area contributed by atoms with E-state index in [1.807, 2.05) is 7.05 Å². The normalized spacial score (nSPS) is 12.2. The first-order chi connectivity index (χ1) is 9.13. The maximum Gasteiger partial charge on any atom is 0.191 e. The van der Waals surface area contributed by atoms with Crippen LogP contribution in [0.1, 0.15) is 18.7 Å². The molecule has 0 fully saturated rings. The van der Waals surface area contributed by atoms with Crippen molar-refractivity contribution in [2.45, 2.75) is 26.3 Å². The van der Waals surface area contributed by atoms with Crippen molar-refractivity contribution < 1.29 is 0 Å². The lowest BCUT2D eigenvalue weighted by molar-refractivity contribution is 0.278. The van der Waals surface area contributed by atoms with Gasteiger partial charge in [0.1, 0.15) is 0 Å². The van der Waals surface area contributed by atoms with E-state index in [1.54, 1.807) is 11.3 Å². The van der Waals surface area contributed by atoms with Crippen LogP contribution in [0.25, 0.3) is 0 Å². The van der Waals surface area contributed by atoms with E-state index >= 15 is 0 Å². The molecule has 108 valence electrons. The summed E-state index contributed by atoms with van der Waals surface area (Å²) in [5.74, 6) is 0.883. The highest BCUT2D eigenvalue weighted by Gasteiger charge is 2.03. The number of hydrogen-bond donors (Lipinski definition) is 2. The molecule has 0 bridgehead atoms. The number of aliphatic imine (C=N–C) groups is 1. The summed E-state index contributed by atoms with van der Waals surface area (Å²) in [5, 5.41) is 8.79. The Morgan fingerprint density at radius 1 is 1.37 bits per heavy atom. The predicted octanol–water partition coefficient (Wildman–Crippen LogP) is 1.80. The summed E-state index contributed by atoms with van der Waals surface area (Å²) in [5.41, 5.74) is 0. The predicted molar refractivity (Wildman–Crippen MR) is 85.2 cm³/mol. The third kappa shape index (κ3) is 6.59. The van der Waals surface area contributed by atoms with Gasteiger partial charge < -0.3 is 15.5 Å². The smallest absolute Gasteiger partial charge is 0.191 e. The van der Waals surface area contributed by atoms with Crippen molar-refractivity contribution in [1.82, 2.24) is 15.5 Å². The van der Waals surface area contributed by atoms with Crippen molar-refractivity contribution in [1.29, 1.82) is 0 Å². The van der Waals surface area contributed by atoms with Crippen LogP contribution in [0.2, 0.25) is 0 Å². The fourth-order valence-electron chi connectivity index (χ4n) is 1.59. The maximum atomic E-state index is 4.23. The van der Waals surface area contributed by atoms with Crippen LogP contribution in [-0.4, -0.2) is 50.6 Å². The highest BCUT2D eigenvalue weighted by atomic mass is 32.1. The molecule has 0 amide bonds. The van der Waals surface area contributed by atoms with Crippen molar-refractivity contribution >= 4 is 17.3 Å². The largest absolute Gasteiger partial charge is 0.356 e. The molecule has 0 saturated carbocycles. The van der Waals surface area contributed by atoms with Gasteiger partial charge in [0.15, 0.2) is 5.96 Å². The van der Waals surface area contributed by atoms with Gasteiger partial charge in [-0.2, -0.15) is 0 Å². The maximum absolute atomic E-state index is 4.23. The van der Waals surface area contributed by atoms with Gasteiger partial charge in [-0.05, 0) is 38.8 Å². The van der Waals surface area contributed by atoms with Crippen LogP contribution in [-0.2, 0) is 6.42 Å². The van der Waals surface area contributed by atoms with Crippen LogP contribution in [0, 0.1) is 0 Å². The molecule has 1 aromatic heterocycles. The van der Waals surface area contributed by atoms with E-state index in [2.05, 4.69) is 58.9 Å². The van der Waals surface area contributed by atoms with Crippen LogP contribution < -0.4 is 10.6 Å². The second-order valence-corrected chi connectivity index (χ2v) is 5.86. The summed E-state index contributed by atoms with van der Waals surface area (Å²) < 4.78 is 0. The van der Waals surface area contributed by atoms with Crippen molar-refractivity contribution in [3.63, 3.8) is 0 Å². The minimum atomic E-state index is 0.579. The molecule has 5 heteroatoms. The molecule has 19 heavy (non-hydrogen) atoms. The van der Waals surface area contributed by atoms with Gasteiger partial charge in [-0.25, -0.2) is 0 Å². The Morgan fingerprint density at radius 2 is 2.11 bits per heavy atom. The Labute approximate surface area is 120 Å². The molecule has 1 aromatic rings. The average molecular weight is 282 g/mol. The Morgan fingerprint density at radius 3 is 2.68 bits per heavy atom. The molecule has 1 heterocycles. The molecule has 0 aliphatic heterocycles. The fraction of sp³-hybridized carbons (Fsp3) is 0.643. The monoisotopic (exact) mass is 282 g/mol. The number of rotatable bonds is 7. The highest BCUT2D eigenvalue weighted by Crippen LogP contribution is 2.07. The van der Waals surface area contributed by atoms with Crippen LogP contribution >= 0.6 is 11.3 Å². The van der Waals surface area contributed by atoms with E-state index in [0.29, 0.717) is 6.04 Å². The van der Waals surface area contributed by atoms with Crippen molar-refractivity contribution in [3.05, 3.63) is 22.4 Å². The van der Waals surface area contributed by atoms with Gasteiger partial charge in [0, 0.05) is 37.6 Å². The zero-order valence-electron chi connectivity index (χ0n) is 12.4. The molecule has 1 rings (SSSR count). The number of guanidine groups is 1. The zero-order valence-corrected chi connectivity index (χ0v) is 13.3. The van der Waals surface area contributed by atoms with Gasteiger partial charge in [0.05, 0.1) is 0 Å². The van der Waals surface area contributed by atoms with E-state index in [1.165, 1.54) is 4.88 Å². The number of likely N-dealkylation sites (N-methyl/N-ethyl adjacent to an activating group) is 1. The van der Waals surface area contributed by atoms with E-state index < -0.39 is 0 Å². The van der Waals surface area contributed by atoms with Gasteiger partial charge >= 0.3 is 0 Å². The summed E-state index contributed by atoms with van der Waals surface area (Å²) in [6, 6.07) is 4.84. The van der Waals surface area contributed by atoms with Crippen LogP contribution in [0.5, 0.6) is 0 Å². The molecular weight excluding hydrogens is 256 g/mol. The van der Waals surface area contributed by atoms with E-state index in [9.17, 15) is 0 Å². The highest BCUT2D eigenvalue weighted by molar-refractivity contribution is 7.09. The topological polar surface area (TPSA) is 39.7 Å². The quantitative estimate of drug-likeness (QED) is 0.592. The molecule has 4 nitrogen and oxygen atoms in total. The lowest BCUT2D eigenvalue weighted by atomic mass is 10.3. The standard InChI is InChI=1S/C14H26N4S/c1-12(2)18(4)10-9-17-14(15-3)16-8-7-13-6-5-11-19-13/h5-6,11-12H,7-10H2,1-4H3,(H2,15,16,17). The Balaban J connectivity index is 2.16. The average Bonchev–Trinajstić information content (AvgIpc) is 2.89. The molecule has 2 N–H and O–H groups in total. The Hall–Kier alpha value is -1.07. The molecule has 0 aliphatic rings. The van der Waals surface area contributed by atoms with E-state index in [-0.39, 0.29) is 0 Å². The van der Waals surface area contributed by atoms with Gasteiger partial charge in [0.25, 0.3) is 0 Å². The lowest BCUT2D eigenvalue weighted by Gasteiger charge is -2.21. The molecule has 0 radical (unpaired) electrons. The van der Waals surface area contributed by atoms with Crippen LogP contribution in [0.4, 0.5) is 0 Å². The lowest BCUT2D eigenvalue weighted by Crippen LogP contribution is -2.42. The van der Waals surface area contributed by atoms with Crippen molar-refractivity contribution in [3.8, 4) is 0 Å². The summed E-state index contributed by atoms with van der Waals surface area (Å²) in [7, 11) is 3.95. The van der Waals surface area contributed by atoms with Crippen molar-refractivity contribution in [2.24, 2.45) is 4.99 Å². The van der Waals surface area contributed by atoms with Gasteiger partial charge in [-0.3, -0.25) is 4.99 Å². The SMILES string of the molecule is CN=C(NCCc1cccs1)NCCN(C)C(C)C. The zero-order chi connectivity index (χ0) is 14.1. The molecular formula is C14H26N4S. The third-order valence-corrected chi connectivity index (χ3v) is 4.04. The van der Waals surface area contributed by atoms with Gasteiger partial charge in [0.2, 0.25) is 0 Å². The molecule has 0 aliphatic carbocycles. The number of nitrogens with one attached hydrogen (secondary N) is 2. The molecule has 0 spiro atoms. The molecule has 0 unspecified atom stereocenters. The third-order valence-electron chi connectivity index (χ3n) is 3.11.